The van der Waals surface area contributed by atoms with Crippen molar-refractivity contribution in [2.75, 3.05) is 0 Å². The van der Waals surface area contributed by atoms with Gasteiger partial charge in [0.15, 0.2) is 0 Å². The second kappa shape index (κ2) is 6.64. The fourth-order valence-electron chi connectivity index (χ4n) is 2.97. The van der Waals surface area contributed by atoms with Crippen LogP contribution in [0.2, 0.25) is 10.0 Å². The molecule has 4 heteroatoms. The zero-order valence-corrected chi connectivity index (χ0v) is 13.1. The molecule has 2 rings (SSSR count). The normalized spacial score (nSPS) is 20.9. The largest absolute Gasteiger partial charge is 0.333 e. The van der Waals surface area contributed by atoms with E-state index in [4.69, 9.17) is 23.2 Å². The molecule has 20 heavy (non-hydrogen) atoms. The van der Waals surface area contributed by atoms with E-state index in [1.54, 1.807) is 0 Å². The number of rotatable bonds is 4. The summed E-state index contributed by atoms with van der Waals surface area (Å²) < 4.78 is 0. The van der Waals surface area contributed by atoms with Crippen LogP contribution in [0.3, 0.4) is 0 Å². The van der Waals surface area contributed by atoms with Crippen molar-refractivity contribution in [3.05, 3.63) is 46.5 Å². The molecule has 0 radical (unpaired) electrons. The molecule has 1 aromatic carbocycles. The number of piperidine rings is 1. The molecule has 2 nitrogen and oxygen atoms in total. The molecule has 1 saturated heterocycles. The summed E-state index contributed by atoms with van der Waals surface area (Å²) in [6.45, 7) is 5.78. The topological polar surface area (TPSA) is 20.3 Å². The summed E-state index contributed by atoms with van der Waals surface area (Å²) in [6, 6.07) is 5.53. The number of likely N-dealkylation sites (tertiary alicyclic amines) is 1. The Balaban J connectivity index is 2.35. The molecule has 0 saturated carbocycles. The van der Waals surface area contributed by atoms with Crippen LogP contribution in [-0.4, -0.2) is 16.8 Å². The van der Waals surface area contributed by atoms with Crippen molar-refractivity contribution >= 4 is 29.1 Å². The van der Waals surface area contributed by atoms with E-state index in [-0.39, 0.29) is 18.0 Å². The van der Waals surface area contributed by atoms with Crippen LogP contribution < -0.4 is 0 Å². The molecule has 0 unspecified atom stereocenters. The maximum absolute atomic E-state index is 12.3. The zero-order chi connectivity index (χ0) is 14.7. The molecule has 1 fully saturated rings. The van der Waals surface area contributed by atoms with Gasteiger partial charge in [0.25, 0.3) is 0 Å². The van der Waals surface area contributed by atoms with Gasteiger partial charge in [0, 0.05) is 28.1 Å². The van der Waals surface area contributed by atoms with Crippen molar-refractivity contribution in [1.29, 1.82) is 0 Å². The van der Waals surface area contributed by atoms with Gasteiger partial charge in [0.05, 0.1) is 6.04 Å². The Bertz CT molecular complexity index is 495. The summed E-state index contributed by atoms with van der Waals surface area (Å²) in [4.78, 5) is 14.3. The van der Waals surface area contributed by atoms with E-state index in [0.717, 1.165) is 24.8 Å². The minimum atomic E-state index is -0.117. The predicted molar refractivity (Wildman–Crippen MR) is 84.2 cm³/mol. The van der Waals surface area contributed by atoms with E-state index >= 15 is 0 Å². The van der Waals surface area contributed by atoms with Gasteiger partial charge >= 0.3 is 0 Å². The number of hydrogen-bond donors (Lipinski definition) is 0. The molecule has 1 aliphatic heterocycles. The van der Waals surface area contributed by atoms with Gasteiger partial charge in [-0.2, -0.15) is 0 Å². The molecule has 1 aromatic rings. The van der Waals surface area contributed by atoms with Crippen LogP contribution in [0.4, 0.5) is 0 Å². The molecule has 108 valence electrons. The molecule has 1 heterocycles. The van der Waals surface area contributed by atoms with Gasteiger partial charge in [-0.05, 0) is 38.3 Å². The van der Waals surface area contributed by atoms with Gasteiger partial charge in [0.1, 0.15) is 0 Å². The molecule has 2 atom stereocenters. The fraction of sp³-hybridized carbons (Fsp3) is 0.438. The van der Waals surface area contributed by atoms with Crippen molar-refractivity contribution in [3.63, 3.8) is 0 Å². The Morgan fingerprint density at radius 2 is 2.10 bits per heavy atom. The lowest BCUT2D eigenvalue weighted by Crippen LogP contribution is -2.44. The third-order valence-corrected chi connectivity index (χ3v) is 4.54. The lowest BCUT2D eigenvalue weighted by atomic mass is 9.94. The molecule has 0 spiro atoms. The van der Waals surface area contributed by atoms with E-state index in [0.29, 0.717) is 16.5 Å². The lowest BCUT2D eigenvalue weighted by molar-refractivity contribution is -0.139. The molecular weight excluding hydrogens is 293 g/mol. The predicted octanol–water partition coefficient (Wildman–Crippen LogP) is 5.01. The fourth-order valence-corrected chi connectivity index (χ4v) is 3.68. The number of benzene rings is 1. The summed E-state index contributed by atoms with van der Waals surface area (Å²) in [5, 5.41) is 1.22. The highest BCUT2D eigenvalue weighted by molar-refractivity contribution is 6.36. The van der Waals surface area contributed by atoms with Crippen molar-refractivity contribution in [3.8, 4) is 0 Å². The summed E-state index contributed by atoms with van der Waals surface area (Å²) in [5.41, 5.74) is 0.833. The number of amides is 1. The number of hydrogen-bond acceptors (Lipinski definition) is 1. The third kappa shape index (κ3) is 3.02. The summed E-state index contributed by atoms with van der Waals surface area (Å²) in [6.07, 6.45) is 5.22. The second-order valence-electron chi connectivity index (χ2n) is 5.18. The first-order valence-corrected chi connectivity index (χ1v) is 7.67. The van der Waals surface area contributed by atoms with E-state index in [1.165, 1.54) is 0 Å². The van der Waals surface area contributed by atoms with Crippen LogP contribution in [-0.2, 0) is 4.79 Å². The molecule has 0 N–H and O–H groups in total. The molecule has 0 aromatic heterocycles. The van der Waals surface area contributed by atoms with Crippen LogP contribution in [0.5, 0.6) is 0 Å². The first kappa shape index (κ1) is 15.4. The summed E-state index contributed by atoms with van der Waals surface area (Å²) in [5.74, 6) is 0.173. The van der Waals surface area contributed by atoms with Gasteiger partial charge in [0.2, 0.25) is 5.91 Å². The van der Waals surface area contributed by atoms with Crippen LogP contribution in [0.25, 0.3) is 0 Å². The minimum Gasteiger partial charge on any atom is -0.333 e. The van der Waals surface area contributed by atoms with E-state index in [1.807, 2.05) is 36.1 Å². The Morgan fingerprint density at radius 3 is 2.70 bits per heavy atom. The summed E-state index contributed by atoms with van der Waals surface area (Å²) >= 11 is 12.5. The number of carbonyl (C=O) groups excluding carboxylic acids is 1. The Morgan fingerprint density at radius 1 is 1.45 bits per heavy atom. The van der Waals surface area contributed by atoms with Crippen LogP contribution in [0.1, 0.15) is 44.2 Å². The van der Waals surface area contributed by atoms with Crippen LogP contribution in [0, 0.1) is 0 Å². The molecule has 1 amide bonds. The highest BCUT2D eigenvalue weighted by atomic mass is 35.5. The lowest BCUT2D eigenvalue weighted by Gasteiger charge is -2.40. The van der Waals surface area contributed by atoms with Crippen LogP contribution in [0.15, 0.2) is 30.9 Å². The van der Waals surface area contributed by atoms with Crippen LogP contribution >= 0.6 is 23.2 Å². The van der Waals surface area contributed by atoms with Crippen molar-refractivity contribution in [1.82, 2.24) is 4.90 Å². The first-order chi connectivity index (χ1) is 9.56. The van der Waals surface area contributed by atoms with Crippen molar-refractivity contribution in [2.24, 2.45) is 0 Å². The minimum absolute atomic E-state index is 0.117. The molecule has 0 bridgehead atoms. The Kier molecular flexibility index (Phi) is 5.11. The highest BCUT2D eigenvalue weighted by Crippen LogP contribution is 2.37. The maximum atomic E-state index is 12.3. The Labute approximate surface area is 130 Å². The number of nitrogens with zero attached hydrogens (tertiary/aromatic N) is 1. The van der Waals surface area contributed by atoms with Gasteiger partial charge in [-0.25, -0.2) is 0 Å². The molecule has 0 aliphatic carbocycles. The van der Waals surface area contributed by atoms with E-state index in [9.17, 15) is 4.79 Å². The monoisotopic (exact) mass is 311 g/mol. The third-order valence-electron chi connectivity index (χ3n) is 3.88. The average Bonchev–Trinajstić information content (AvgIpc) is 2.38. The van der Waals surface area contributed by atoms with Crippen molar-refractivity contribution in [2.45, 2.75) is 44.7 Å². The quantitative estimate of drug-likeness (QED) is 0.716. The SMILES string of the molecule is C=CC[C@@H]1CCCC(=O)N1[C@@H](C)c1c(Cl)cccc1Cl. The summed E-state index contributed by atoms with van der Waals surface area (Å²) in [7, 11) is 0. The van der Waals surface area contributed by atoms with Gasteiger partial charge in [-0.1, -0.05) is 35.3 Å². The molecular formula is C16H19Cl2NO. The average molecular weight is 312 g/mol. The van der Waals surface area contributed by atoms with Gasteiger partial charge in [-0.3, -0.25) is 4.79 Å². The molecule has 1 aliphatic rings. The highest BCUT2D eigenvalue weighted by Gasteiger charge is 2.33. The van der Waals surface area contributed by atoms with Crippen molar-refractivity contribution < 1.29 is 4.79 Å². The Hall–Kier alpha value is -0.990. The maximum Gasteiger partial charge on any atom is 0.223 e. The first-order valence-electron chi connectivity index (χ1n) is 6.92. The van der Waals surface area contributed by atoms with Gasteiger partial charge in [-0.15, -0.1) is 6.58 Å². The standard InChI is InChI=1S/C16H19Cl2NO/c1-3-6-12-7-4-10-15(20)19(12)11(2)16-13(17)8-5-9-14(16)18/h3,5,8-9,11-12H,1,4,6-7,10H2,2H3/t11-,12+/m0/s1. The number of halogens is 2. The smallest absolute Gasteiger partial charge is 0.223 e. The van der Waals surface area contributed by atoms with Gasteiger partial charge < -0.3 is 4.90 Å². The number of carbonyl (C=O) groups is 1. The zero-order valence-electron chi connectivity index (χ0n) is 11.6. The van der Waals surface area contributed by atoms with E-state index in [2.05, 4.69) is 6.58 Å². The van der Waals surface area contributed by atoms with E-state index < -0.39 is 0 Å². The second-order valence-corrected chi connectivity index (χ2v) is 6.00.